The van der Waals surface area contributed by atoms with Crippen LogP contribution in [0.1, 0.15) is 18.9 Å². The smallest absolute Gasteiger partial charge is 0.337 e. The Balaban J connectivity index is 1.67. The SMILES string of the molecule is CCSCC=C1OC2CC(=O)N2C1C(=O)OCc1ccccc1. The molecule has 1 aromatic carbocycles. The molecule has 122 valence electrons. The van der Waals surface area contributed by atoms with Crippen molar-refractivity contribution in [1.29, 1.82) is 0 Å². The molecule has 0 N–H and O–H groups in total. The molecule has 2 heterocycles. The van der Waals surface area contributed by atoms with E-state index in [9.17, 15) is 9.59 Å². The molecule has 2 saturated heterocycles. The monoisotopic (exact) mass is 333 g/mol. The van der Waals surface area contributed by atoms with E-state index in [2.05, 4.69) is 6.92 Å². The normalized spacial score (nSPS) is 24.1. The second-order valence-corrected chi connectivity index (χ2v) is 6.66. The molecule has 5 nitrogen and oxygen atoms in total. The highest BCUT2D eigenvalue weighted by atomic mass is 32.2. The van der Waals surface area contributed by atoms with Crippen LogP contribution in [0, 0.1) is 0 Å². The standard InChI is InChI=1S/C17H19NO4S/c1-2-23-9-8-13-16(18-14(19)10-15(18)22-13)17(20)21-11-12-6-4-3-5-7-12/h3-8,15-16H,2,9-11H2,1H3. The lowest BCUT2D eigenvalue weighted by atomic mass is 10.1. The van der Waals surface area contributed by atoms with Gasteiger partial charge in [-0.05, 0) is 17.4 Å². The van der Waals surface area contributed by atoms with Crippen molar-refractivity contribution in [1.82, 2.24) is 4.90 Å². The van der Waals surface area contributed by atoms with Gasteiger partial charge in [-0.3, -0.25) is 9.69 Å². The summed E-state index contributed by atoms with van der Waals surface area (Å²) in [7, 11) is 0. The third-order valence-corrected chi connectivity index (χ3v) is 4.63. The lowest BCUT2D eigenvalue weighted by Crippen LogP contribution is -2.55. The van der Waals surface area contributed by atoms with E-state index in [-0.39, 0.29) is 18.7 Å². The van der Waals surface area contributed by atoms with E-state index in [0.29, 0.717) is 12.2 Å². The number of nitrogens with zero attached hydrogens (tertiary/aromatic N) is 1. The van der Waals surface area contributed by atoms with E-state index in [1.54, 1.807) is 11.8 Å². The van der Waals surface area contributed by atoms with Crippen LogP contribution in [0.25, 0.3) is 0 Å². The predicted octanol–water partition coefficient (Wildman–Crippen LogP) is 2.32. The van der Waals surface area contributed by atoms with Crippen molar-refractivity contribution in [3.8, 4) is 0 Å². The molecule has 2 unspecified atom stereocenters. The molecule has 0 aromatic heterocycles. The van der Waals surface area contributed by atoms with Gasteiger partial charge in [0.15, 0.2) is 12.3 Å². The first-order valence-electron chi connectivity index (χ1n) is 7.67. The molecule has 2 aliphatic rings. The summed E-state index contributed by atoms with van der Waals surface area (Å²) >= 11 is 1.73. The van der Waals surface area contributed by atoms with Crippen molar-refractivity contribution in [3.05, 3.63) is 47.7 Å². The van der Waals surface area contributed by atoms with Crippen LogP contribution in [0.3, 0.4) is 0 Å². The maximum absolute atomic E-state index is 12.5. The van der Waals surface area contributed by atoms with Gasteiger partial charge in [0, 0.05) is 5.75 Å². The summed E-state index contributed by atoms with van der Waals surface area (Å²) in [5.74, 6) is 1.78. The summed E-state index contributed by atoms with van der Waals surface area (Å²) in [6.07, 6.45) is 1.91. The maximum Gasteiger partial charge on any atom is 0.337 e. The molecule has 2 aliphatic heterocycles. The number of ether oxygens (including phenoxy) is 2. The number of thioether (sulfide) groups is 1. The largest absolute Gasteiger partial charge is 0.472 e. The van der Waals surface area contributed by atoms with Gasteiger partial charge in [-0.1, -0.05) is 37.3 Å². The first-order valence-corrected chi connectivity index (χ1v) is 8.82. The molecule has 0 spiro atoms. The predicted molar refractivity (Wildman–Crippen MR) is 87.4 cm³/mol. The zero-order chi connectivity index (χ0) is 16.2. The minimum absolute atomic E-state index is 0.0665. The number of carbonyl (C=O) groups is 2. The minimum Gasteiger partial charge on any atom is -0.472 e. The third kappa shape index (κ3) is 3.37. The molecular formula is C17H19NO4S. The summed E-state index contributed by atoms with van der Waals surface area (Å²) in [6, 6.07) is 8.75. The highest BCUT2D eigenvalue weighted by Gasteiger charge is 2.54. The highest BCUT2D eigenvalue weighted by Crippen LogP contribution is 2.37. The molecule has 2 atom stereocenters. The molecule has 1 amide bonds. The fraction of sp³-hybridized carbons (Fsp3) is 0.412. The van der Waals surface area contributed by atoms with Gasteiger partial charge in [-0.15, -0.1) is 0 Å². The van der Waals surface area contributed by atoms with Crippen LogP contribution in [0.2, 0.25) is 0 Å². The number of rotatable bonds is 6. The van der Waals surface area contributed by atoms with Crippen molar-refractivity contribution in [2.75, 3.05) is 11.5 Å². The van der Waals surface area contributed by atoms with Crippen molar-refractivity contribution < 1.29 is 19.1 Å². The Labute approximate surface area is 139 Å². The Kier molecular flexibility index (Phi) is 4.91. The molecule has 0 aliphatic carbocycles. The lowest BCUT2D eigenvalue weighted by Gasteiger charge is -2.33. The fourth-order valence-corrected chi connectivity index (χ4v) is 3.14. The van der Waals surface area contributed by atoms with Gasteiger partial charge < -0.3 is 9.47 Å². The first kappa shape index (κ1) is 15.9. The second kappa shape index (κ2) is 7.08. The maximum atomic E-state index is 12.5. The molecular weight excluding hydrogens is 314 g/mol. The van der Waals surface area contributed by atoms with Crippen molar-refractivity contribution in [3.63, 3.8) is 0 Å². The molecule has 1 aromatic rings. The van der Waals surface area contributed by atoms with E-state index in [0.717, 1.165) is 17.1 Å². The van der Waals surface area contributed by atoms with E-state index < -0.39 is 12.0 Å². The molecule has 3 rings (SSSR count). The number of benzene rings is 1. The Morgan fingerprint density at radius 2 is 2.22 bits per heavy atom. The average Bonchev–Trinajstić information content (AvgIpc) is 2.86. The fourth-order valence-electron chi connectivity index (χ4n) is 2.62. The van der Waals surface area contributed by atoms with Crippen LogP contribution in [-0.2, 0) is 25.7 Å². The molecule has 6 heteroatoms. The summed E-state index contributed by atoms with van der Waals surface area (Å²) in [5, 5.41) is 0. The van der Waals surface area contributed by atoms with Crippen LogP contribution >= 0.6 is 11.8 Å². The number of fused-ring (bicyclic) bond motifs is 1. The topological polar surface area (TPSA) is 55.8 Å². The molecule has 0 radical (unpaired) electrons. The molecule has 0 bridgehead atoms. The average molecular weight is 333 g/mol. The minimum atomic E-state index is -0.734. The summed E-state index contributed by atoms with van der Waals surface area (Å²) in [6.45, 7) is 2.26. The Morgan fingerprint density at radius 3 is 2.91 bits per heavy atom. The van der Waals surface area contributed by atoms with E-state index in [1.807, 2.05) is 36.4 Å². The highest BCUT2D eigenvalue weighted by molar-refractivity contribution is 7.99. The van der Waals surface area contributed by atoms with Crippen LogP contribution in [-0.4, -0.2) is 40.6 Å². The van der Waals surface area contributed by atoms with Gasteiger partial charge in [-0.25, -0.2) is 4.79 Å². The van der Waals surface area contributed by atoms with Gasteiger partial charge in [0.2, 0.25) is 5.91 Å². The van der Waals surface area contributed by atoms with Gasteiger partial charge in [0.05, 0.1) is 6.42 Å². The summed E-state index contributed by atoms with van der Waals surface area (Å²) in [5.41, 5.74) is 0.915. The number of amides is 1. The van der Waals surface area contributed by atoms with E-state index >= 15 is 0 Å². The van der Waals surface area contributed by atoms with Crippen LogP contribution < -0.4 is 0 Å². The van der Waals surface area contributed by atoms with Crippen molar-refractivity contribution in [2.45, 2.75) is 32.2 Å². The Hall–Kier alpha value is -1.95. The summed E-state index contributed by atoms with van der Waals surface area (Å²) in [4.78, 5) is 25.7. The molecule has 23 heavy (non-hydrogen) atoms. The van der Waals surface area contributed by atoms with Crippen LogP contribution in [0.5, 0.6) is 0 Å². The number of esters is 1. The Bertz CT molecular complexity index is 616. The Morgan fingerprint density at radius 1 is 1.43 bits per heavy atom. The zero-order valence-corrected chi connectivity index (χ0v) is 13.8. The number of β-lactam (4-membered cyclic amide) rings is 1. The second-order valence-electron chi connectivity index (χ2n) is 5.34. The van der Waals surface area contributed by atoms with Crippen molar-refractivity contribution in [2.24, 2.45) is 0 Å². The number of hydrogen-bond acceptors (Lipinski definition) is 5. The first-order chi connectivity index (χ1) is 11.2. The number of carbonyl (C=O) groups excluding carboxylic acids is 2. The van der Waals surface area contributed by atoms with Crippen LogP contribution in [0.4, 0.5) is 0 Å². The van der Waals surface area contributed by atoms with E-state index in [1.165, 1.54) is 4.90 Å². The number of hydrogen-bond donors (Lipinski definition) is 0. The van der Waals surface area contributed by atoms with Gasteiger partial charge >= 0.3 is 5.97 Å². The van der Waals surface area contributed by atoms with Crippen molar-refractivity contribution >= 4 is 23.6 Å². The van der Waals surface area contributed by atoms with E-state index in [4.69, 9.17) is 9.47 Å². The third-order valence-electron chi connectivity index (χ3n) is 3.82. The molecule has 2 fully saturated rings. The molecule has 0 saturated carbocycles. The zero-order valence-electron chi connectivity index (χ0n) is 12.9. The summed E-state index contributed by atoms with van der Waals surface area (Å²) < 4.78 is 11.1. The van der Waals surface area contributed by atoms with Crippen LogP contribution in [0.15, 0.2) is 42.2 Å². The van der Waals surface area contributed by atoms with Gasteiger partial charge in [0.1, 0.15) is 12.4 Å². The van der Waals surface area contributed by atoms with Gasteiger partial charge in [-0.2, -0.15) is 11.8 Å². The lowest BCUT2D eigenvalue weighted by molar-refractivity contribution is -0.166. The quantitative estimate of drug-likeness (QED) is 0.454. The van der Waals surface area contributed by atoms with Gasteiger partial charge in [0.25, 0.3) is 0 Å².